The highest BCUT2D eigenvalue weighted by atomic mass is 32.2. The van der Waals surface area contributed by atoms with Crippen LogP contribution in [-0.2, 0) is 4.79 Å². The van der Waals surface area contributed by atoms with E-state index in [-0.39, 0.29) is 11.7 Å². The molecule has 0 aliphatic rings. The fraction of sp³-hybridized carbons (Fsp3) is 0.111. The Morgan fingerprint density at radius 1 is 1.26 bits per heavy atom. The zero-order valence-electron chi connectivity index (χ0n) is 14.1. The van der Waals surface area contributed by atoms with E-state index in [0.29, 0.717) is 26.4 Å². The number of benzene rings is 2. The Labute approximate surface area is 163 Å². The maximum absolute atomic E-state index is 13.7. The van der Waals surface area contributed by atoms with Crippen molar-refractivity contribution in [3.63, 3.8) is 0 Å². The first-order chi connectivity index (χ1) is 13.0. The van der Waals surface area contributed by atoms with E-state index in [4.69, 9.17) is 5.26 Å². The number of hydrogen-bond donors (Lipinski definition) is 2. The van der Waals surface area contributed by atoms with E-state index >= 15 is 0 Å². The summed E-state index contributed by atoms with van der Waals surface area (Å²) in [5, 5.41) is 22.6. The van der Waals surface area contributed by atoms with Crippen molar-refractivity contribution >= 4 is 45.5 Å². The number of carbonyl (C=O) groups is 1. The Balaban J connectivity index is 1.60. The van der Waals surface area contributed by atoms with Gasteiger partial charge in [0.05, 0.1) is 22.6 Å². The number of carbonyl (C=O) groups excluding carboxylic acids is 1. The maximum Gasteiger partial charge on any atom is 0.237 e. The molecule has 3 aromatic rings. The summed E-state index contributed by atoms with van der Waals surface area (Å²) in [6.45, 7) is 1.75. The van der Waals surface area contributed by atoms with Crippen molar-refractivity contribution < 1.29 is 9.18 Å². The number of halogens is 1. The van der Waals surface area contributed by atoms with Crippen molar-refractivity contribution in [2.75, 3.05) is 10.6 Å². The number of para-hydroxylation sites is 1. The van der Waals surface area contributed by atoms with Crippen LogP contribution in [0.2, 0.25) is 0 Å². The number of hydrogen-bond acceptors (Lipinski definition) is 7. The first kappa shape index (κ1) is 18.8. The topological polar surface area (TPSA) is 90.7 Å². The number of rotatable bonds is 6. The fourth-order valence-corrected chi connectivity index (χ4v) is 4.01. The second-order valence-corrected chi connectivity index (χ2v) is 7.99. The van der Waals surface area contributed by atoms with E-state index in [1.807, 2.05) is 6.07 Å². The SMILES string of the molecule is CC(Sc1nnc(Nc2ccccc2F)s1)C(=O)Nc1cccc(C#N)c1. The Hall–Kier alpha value is -2.96. The van der Waals surface area contributed by atoms with Gasteiger partial charge in [-0.05, 0) is 37.3 Å². The monoisotopic (exact) mass is 399 g/mol. The van der Waals surface area contributed by atoms with E-state index in [1.165, 1.54) is 29.2 Å². The van der Waals surface area contributed by atoms with E-state index in [1.54, 1.807) is 49.4 Å². The molecular weight excluding hydrogens is 385 g/mol. The highest BCUT2D eigenvalue weighted by Crippen LogP contribution is 2.31. The van der Waals surface area contributed by atoms with Gasteiger partial charge in [-0.1, -0.05) is 41.3 Å². The van der Waals surface area contributed by atoms with Gasteiger partial charge in [0.1, 0.15) is 5.82 Å². The van der Waals surface area contributed by atoms with Gasteiger partial charge in [0, 0.05) is 5.69 Å². The van der Waals surface area contributed by atoms with Crippen molar-refractivity contribution in [2.24, 2.45) is 0 Å². The number of aromatic nitrogens is 2. The lowest BCUT2D eigenvalue weighted by Gasteiger charge is -2.10. The number of nitriles is 1. The largest absolute Gasteiger partial charge is 0.328 e. The average molecular weight is 399 g/mol. The molecule has 0 saturated carbocycles. The quantitative estimate of drug-likeness (QED) is 0.597. The summed E-state index contributed by atoms with van der Waals surface area (Å²) in [5.41, 5.74) is 1.35. The van der Waals surface area contributed by atoms with Gasteiger partial charge in [0.2, 0.25) is 11.0 Å². The second kappa shape index (κ2) is 8.62. The lowest BCUT2D eigenvalue weighted by molar-refractivity contribution is -0.115. The van der Waals surface area contributed by atoms with Crippen LogP contribution in [0.15, 0.2) is 52.9 Å². The summed E-state index contributed by atoms with van der Waals surface area (Å²) < 4.78 is 14.3. The van der Waals surface area contributed by atoms with Crippen molar-refractivity contribution in [3.8, 4) is 6.07 Å². The van der Waals surface area contributed by atoms with Gasteiger partial charge in [0.25, 0.3) is 0 Å². The molecule has 1 atom stereocenters. The van der Waals surface area contributed by atoms with Gasteiger partial charge in [-0.25, -0.2) is 4.39 Å². The summed E-state index contributed by atoms with van der Waals surface area (Å²) in [7, 11) is 0. The van der Waals surface area contributed by atoms with Crippen molar-refractivity contribution in [1.29, 1.82) is 5.26 Å². The first-order valence-corrected chi connectivity index (χ1v) is 9.57. The van der Waals surface area contributed by atoms with Crippen LogP contribution in [0.4, 0.5) is 20.9 Å². The first-order valence-electron chi connectivity index (χ1n) is 7.88. The van der Waals surface area contributed by atoms with Crippen molar-refractivity contribution in [1.82, 2.24) is 10.2 Å². The van der Waals surface area contributed by atoms with E-state index in [0.717, 1.165) is 0 Å². The normalized spacial score (nSPS) is 11.4. The van der Waals surface area contributed by atoms with Gasteiger partial charge in [-0.15, -0.1) is 10.2 Å². The van der Waals surface area contributed by atoms with Gasteiger partial charge >= 0.3 is 0 Å². The lowest BCUT2D eigenvalue weighted by atomic mass is 10.2. The Kier molecular flexibility index (Phi) is 6.01. The molecule has 136 valence electrons. The fourth-order valence-electron chi connectivity index (χ4n) is 2.10. The third kappa shape index (κ3) is 5.03. The summed E-state index contributed by atoms with van der Waals surface area (Å²) in [6, 6.07) is 15.0. The van der Waals surface area contributed by atoms with Crippen molar-refractivity contribution in [3.05, 3.63) is 59.9 Å². The predicted molar refractivity (Wildman–Crippen MR) is 105 cm³/mol. The molecule has 27 heavy (non-hydrogen) atoms. The lowest BCUT2D eigenvalue weighted by Crippen LogP contribution is -2.22. The number of nitrogens with zero attached hydrogens (tertiary/aromatic N) is 3. The number of thioether (sulfide) groups is 1. The molecule has 1 heterocycles. The Bertz CT molecular complexity index is 1000. The molecule has 0 radical (unpaired) electrons. The van der Waals surface area contributed by atoms with E-state index < -0.39 is 5.25 Å². The smallest absolute Gasteiger partial charge is 0.237 e. The van der Waals surface area contributed by atoms with Gasteiger partial charge in [-0.3, -0.25) is 4.79 Å². The molecule has 0 aliphatic heterocycles. The molecule has 0 aliphatic carbocycles. The average Bonchev–Trinajstić information content (AvgIpc) is 3.10. The van der Waals surface area contributed by atoms with Crippen LogP contribution in [0, 0.1) is 17.1 Å². The molecule has 2 aromatic carbocycles. The maximum atomic E-state index is 13.7. The Morgan fingerprint density at radius 2 is 2.07 bits per heavy atom. The number of nitrogens with one attached hydrogen (secondary N) is 2. The van der Waals surface area contributed by atoms with Crippen LogP contribution >= 0.6 is 23.1 Å². The molecule has 0 spiro atoms. The highest BCUT2D eigenvalue weighted by molar-refractivity contribution is 8.02. The zero-order chi connectivity index (χ0) is 19.2. The number of amides is 1. The summed E-state index contributed by atoms with van der Waals surface area (Å²) in [5.74, 6) is -0.594. The molecule has 1 unspecified atom stereocenters. The summed E-state index contributed by atoms with van der Waals surface area (Å²) >= 11 is 2.49. The summed E-state index contributed by atoms with van der Waals surface area (Å²) in [6.07, 6.45) is 0. The standard InChI is InChI=1S/C18H14FN5OS2/c1-11(16(25)21-13-6-4-5-12(9-13)10-20)26-18-24-23-17(27-18)22-15-8-3-2-7-14(15)19/h2-9,11H,1H3,(H,21,25)(H,22,23). The minimum atomic E-state index is -0.426. The molecule has 0 fully saturated rings. The van der Waals surface area contributed by atoms with Gasteiger partial charge in [0.15, 0.2) is 4.34 Å². The molecule has 1 aromatic heterocycles. The second-order valence-electron chi connectivity index (χ2n) is 5.42. The van der Waals surface area contributed by atoms with Gasteiger partial charge < -0.3 is 10.6 Å². The third-order valence-electron chi connectivity index (χ3n) is 3.43. The molecule has 2 N–H and O–H groups in total. The molecule has 0 saturated heterocycles. The van der Waals surface area contributed by atoms with Crippen LogP contribution < -0.4 is 10.6 Å². The van der Waals surface area contributed by atoms with Crippen LogP contribution in [0.5, 0.6) is 0 Å². The molecule has 3 rings (SSSR count). The van der Waals surface area contributed by atoms with Crippen LogP contribution in [-0.4, -0.2) is 21.4 Å². The molecule has 6 nitrogen and oxygen atoms in total. The highest BCUT2D eigenvalue weighted by Gasteiger charge is 2.18. The zero-order valence-corrected chi connectivity index (χ0v) is 15.8. The van der Waals surface area contributed by atoms with Crippen LogP contribution in [0.3, 0.4) is 0 Å². The molecule has 0 bridgehead atoms. The van der Waals surface area contributed by atoms with Gasteiger partial charge in [-0.2, -0.15) is 5.26 Å². The van der Waals surface area contributed by atoms with Crippen LogP contribution in [0.25, 0.3) is 0 Å². The number of anilines is 3. The van der Waals surface area contributed by atoms with E-state index in [2.05, 4.69) is 20.8 Å². The van der Waals surface area contributed by atoms with Crippen LogP contribution in [0.1, 0.15) is 12.5 Å². The predicted octanol–water partition coefficient (Wildman–Crippen LogP) is 4.41. The van der Waals surface area contributed by atoms with E-state index in [9.17, 15) is 9.18 Å². The molecule has 1 amide bonds. The Morgan fingerprint density at radius 3 is 2.85 bits per heavy atom. The molecular formula is C18H14FN5OS2. The summed E-state index contributed by atoms with van der Waals surface area (Å²) in [4.78, 5) is 12.3. The van der Waals surface area contributed by atoms with Crippen molar-refractivity contribution in [2.45, 2.75) is 16.5 Å². The minimum Gasteiger partial charge on any atom is -0.328 e. The minimum absolute atomic E-state index is 0.214. The third-order valence-corrected chi connectivity index (χ3v) is 5.45. The molecule has 9 heteroatoms.